The molecule has 1 fully saturated rings. The molecule has 0 bridgehead atoms. The standard InChI is InChI=1S/C16H20N2S/c1-2-4-13(5-3-1)10-14(12-18-15-6-7-15)11-16-17-8-9-19-16/h1-5,8-9,14-15,18H,6-7,10-12H2. The fourth-order valence-electron chi connectivity index (χ4n) is 2.39. The molecule has 1 unspecified atom stereocenters. The van der Waals surface area contributed by atoms with Crippen molar-refractivity contribution in [2.75, 3.05) is 6.54 Å². The second-order valence-corrected chi connectivity index (χ2v) is 6.35. The Kier molecular flexibility index (Phi) is 4.26. The van der Waals surface area contributed by atoms with Gasteiger partial charge in [0, 0.05) is 24.0 Å². The highest BCUT2D eigenvalue weighted by Gasteiger charge is 2.22. The molecular weight excluding hydrogens is 252 g/mol. The van der Waals surface area contributed by atoms with Crippen LogP contribution in [0.2, 0.25) is 0 Å². The van der Waals surface area contributed by atoms with E-state index in [2.05, 4.69) is 46.0 Å². The summed E-state index contributed by atoms with van der Waals surface area (Å²) in [6.07, 6.45) is 6.85. The Balaban J connectivity index is 1.60. The van der Waals surface area contributed by atoms with Crippen LogP contribution in [0.4, 0.5) is 0 Å². The van der Waals surface area contributed by atoms with Crippen LogP contribution < -0.4 is 5.32 Å². The van der Waals surface area contributed by atoms with E-state index < -0.39 is 0 Å². The lowest BCUT2D eigenvalue weighted by molar-refractivity contribution is 0.468. The Hall–Kier alpha value is -1.19. The van der Waals surface area contributed by atoms with Crippen molar-refractivity contribution in [3.63, 3.8) is 0 Å². The van der Waals surface area contributed by atoms with Gasteiger partial charge in [0.15, 0.2) is 0 Å². The molecule has 0 aliphatic heterocycles. The third-order valence-corrected chi connectivity index (χ3v) is 4.39. The van der Waals surface area contributed by atoms with Crippen LogP contribution in [0.3, 0.4) is 0 Å². The van der Waals surface area contributed by atoms with Crippen molar-refractivity contribution in [2.45, 2.75) is 31.7 Å². The highest BCUT2D eigenvalue weighted by molar-refractivity contribution is 7.09. The van der Waals surface area contributed by atoms with Gasteiger partial charge in [-0.25, -0.2) is 4.98 Å². The van der Waals surface area contributed by atoms with Crippen LogP contribution in [0.1, 0.15) is 23.4 Å². The van der Waals surface area contributed by atoms with Crippen LogP contribution in [0.15, 0.2) is 41.9 Å². The van der Waals surface area contributed by atoms with Gasteiger partial charge in [-0.1, -0.05) is 30.3 Å². The van der Waals surface area contributed by atoms with Crippen molar-refractivity contribution < 1.29 is 0 Å². The van der Waals surface area contributed by atoms with E-state index in [1.165, 1.54) is 23.4 Å². The number of nitrogens with zero attached hydrogens (tertiary/aromatic N) is 1. The topological polar surface area (TPSA) is 24.9 Å². The lowest BCUT2D eigenvalue weighted by Gasteiger charge is -2.16. The van der Waals surface area contributed by atoms with Crippen molar-refractivity contribution in [2.24, 2.45) is 5.92 Å². The molecule has 1 aromatic carbocycles. The molecule has 19 heavy (non-hydrogen) atoms. The largest absolute Gasteiger partial charge is 0.314 e. The van der Waals surface area contributed by atoms with Gasteiger partial charge in [-0.15, -0.1) is 11.3 Å². The minimum Gasteiger partial charge on any atom is -0.314 e. The Labute approximate surface area is 118 Å². The minimum atomic E-state index is 0.647. The molecule has 2 aromatic rings. The van der Waals surface area contributed by atoms with Crippen LogP contribution >= 0.6 is 11.3 Å². The molecule has 0 spiro atoms. The Morgan fingerprint density at radius 3 is 2.74 bits per heavy atom. The van der Waals surface area contributed by atoms with Crippen molar-refractivity contribution in [1.82, 2.24) is 10.3 Å². The number of thiazole rings is 1. The highest BCUT2D eigenvalue weighted by atomic mass is 32.1. The quantitative estimate of drug-likeness (QED) is 0.836. The van der Waals surface area contributed by atoms with Crippen molar-refractivity contribution in [3.05, 3.63) is 52.5 Å². The average molecular weight is 272 g/mol. The van der Waals surface area contributed by atoms with Gasteiger partial charge < -0.3 is 5.32 Å². The maximum atomic E-state index is 4.43. The fraction of sp³-hybridized carbons (Fsp3) is 0.438. The third kappa shape index (κ3) is 4.15. The van der Waals surface area contributed by atoms with Gasteiger partial charge in [0.05, 0.1) is 5.01 Å². The van der Waals surface area contributed by atoms with Gasteiger partial charge in [0.2, 0.25) is 0 Å². The summed E-state index contributed by atoms with van der Waals surface area (Å²) < 4.78 is 0. The molecule has 0 saturated heterocycles. The lowest BCUT2D eigenvalue weighted by Crippen LogP contribution is -2.27. The Bertz CT molecular complexity index is 477. The van der Waals surface area contributed by atoms with Gasteiger partial charge in [0.1, 0.15) is 0 Å². The lowest BCUT2D eigenvalue weighted by atomic mass is 9.96. The average Bonchev–Trinajstić information content (AvgIpc) is 3.13. The number of rotatable bonds is 7. The summed E-state index contributed by atoms with van der Waals surface area (Å²) in [5, 5.41) is 7.00. The maximum absolute atomic E-state index is 4.43. The normalized spacial score (nSPS) is 16.4. The maximum Gasteiger partial charge on any atom is 0.0928 e. The van der Waals surface area contributed by atoms with E-state index in [9.17, 15) is 0 Å². The molecule has 0 amide bonds. The van der Waals surface area contributed by atoms with Crippen LogP contribution in [-0.4, -0.2) is 17.6 Å². The molecule has 0 radical (unpaired) electrons. The summed E-state index contributed by atoms with van der Waals surface area (Å²) in [5.41, 5.74) is 1.43. The molecule has 3 heteroatoms. The van der Waals surface area contributed by atoms with E-state index in [0.29, 0.717) is 5.92 Å². The first kappa shape index (κ1) is 12.8. The summed E-state index contributed by atoms with van der Waals surface area (Å²) in [6, 6.07) is 11.6. The Morgan fingerprint density at radius 2 is 2.05 bits per heavy atom. The van der Waals surface area contributed by atoms with Crippen LogP contribution in [-0.2, 0) is 12.8 Å². The van der Waals surface area contributed by atoms with Gasteiger partial charge in [-0.3, -0.25) is 0 Å². The van der Waals surface area contributed by atoms with Crippen molar-refractivity contribution in [3.8, 4) is 0 Å². The van der Waals surface area contributed by atoms with E-state index in [1.807, 2.05) is 6.20 Å². The molecule has 1 aromatic heterocycles. The SMILES string of the molecule is c1ccc(CC(CNC2CC2)Cc2nccs2)cc1. The molecule has 3 rings (SSSR count). The van der Waals surface area contributed by atoms with Crippen molar-refractivity contribution in [1.29, 1.82) is 0 Å². The van der Waals surface area contributed by atoms with Crippen LogP contribution in [0.5, 0.6) is 0 Å². The van der Waals surface area contributed by atoms with E-state index in [0.717, 1.165) is 25.4 Å². The first-order valence-corrected chi connectivity index (χ1v) is 7.94. The zero-order chi connectivity index (χ0) is 12.9. The summed E-state index contributed by atoms with van der Waals surface area (Å²) in [4.78, 5) is 4.43. The second kappa shape index (κ2) is 6.31. The molecule has 1 heterocycles. The van der Waals surface area contributed by atoms with E-state index in [1.54, 1.807) is 11.3 Å². The molecule has 100 valence electrons. The summed E-state index contributed by atoms with van der Waals surface area (Å²) in [6.45, 7) is 1.11. The Morgan fingerprint density at radius 1 is 1.21 bits per heavy atom. The summed E-state index contributed by atoms with van der Waals surface area (Å²) >= 11 is 1.77. The molecule has 1 N–H and O–H groups in total. The monoisotopic (exact) mass is 272 g/mol. The molecule has 2 nitrogen and oxygen atoms in total. The molecule has 1 saturated carbocycles. The molecule has 1 aliphatic carbocycles. The van der Waals surface area contributed by atoms with Gasteiger partial charge in [0.25, 0.3) is 0 Å². The third-order valence-electron chi connectivity index (χ3n) is 3.59. The number of nitrogens with one attached hydrogen (secondary N) is 1. The second-order valence-electron chi connectivity index (χ2n) is 5.37. The molecular formula is C16H20N2S. The zero-order valence-electron chi connectivity index (χ0n) is 11.1. The van der Waals surface area contributed by atoms with Crippen LogP contribution in [0.25, 0.3) is 0 Å². The smallest absolute Gasteiger partial charge is 0.0928 e. The molecule has 1 aliphatic rings. The van der Waals surface area contributed by atoms with Crippen LogP contribution in [0, 0.1) is 5.92 Å². The van der Waals surface area contributed by atoms with Gasteiger partial charge >= 0.3 is 0 Å². The zero-order valence-corrected chi connectivity index (χ0v) is 11.9. The number of aromatic nitrogens is 1. The predicted molar refractivity (Wildman–Crippen MR) is 80.5 cm³/mol. The van der Waals surface area contributed by atoms with Gasteiger partial charge in [-0.05, 0) is 37.3 Å². The number of hydrogen-bond acceptors (Lipinski definition) is 3. The van der Waals surface area contributed by atoms with E-state index in [-0.39, 0.29) is 0 Å². The van der Waals surface area contributed by atoms with Gasteiger partial charge in [-0.2, -0.15) is 0 Å². The fourth-order valence-corrected chi connectivity index (χ4v) is 3.12. The number of hydrogen-bond donors (Lipinski definition) is 1. The van der Waals surface area contributed by atoms with E-state index >= 15 is 0 Å². The highest BCUT2D eigenvalue weighted by Crippen LogP contribution is 2.21. The molecule has 1 atom stereocenters. The first-order chi connectivity index (χ1) is 9.40. The minimum absolute atomic E-state index is 0.647. The van der Waals surface area contributed by atoms with Crippen molar-refractivity contribution >= 4 is 11.3 Å². The van der Waals surface area contributed by atoms with E-state index in [4.69, 9.17) is 0 Å². The summed E-state index contributed by atoms with van der Waals surface area (Å²) in [7, 11) is 0. The predicted octanol–water partition coefficient (Wildman–Crippen LogP) is 3.30. The first-order valence-electron chi connectivity index (χ1n) is 7.06. The number of benzene rings is 1. The summed E-state index contributed by atoms with van der Waals surface area (Å²) in [5.74, 6) is 0.647.